The third kappa shape index (κ3) is 3.30. The van der Waals surface area contributed by atoms with Gasteiger partial charge >= 0.3 is 5.97 Å². The Bertz CT molecular complexity index is 874. The van der Waals surface area contributed by atoms with Crippen LogP contribution in [-0.4, -0.2) is 17.0 Å². The Hall–Kier alpha value is -3.48. The molecule has 24 heavy (non-hydrogen) atoms. The molecule has 0 aromatic heterocycles. The molecule has 1 amide bonds. The molecule has 1 heterocycles. The lowest BCUT2D eigenvalue weighted by atomic mass is 10.1. The van der Waals surface area contributed by atoms with Gasteiger partial charge in [0, 0.05) is 24.4 Å². The number of hydrogen-bond acceptors (Lipinski definition) is 5. The number of anilines is 2. The fraction of sp³-hybridized carbons (Fsp3) is 0.0588. The van der Waals surface area contributed by atoms with Gasteiger partial charge in [-0.25, -0.2) is 9.80 Å². The summed E-state index contributed by atoms with van der Waals surface area (Å²) < 4.78 is 0. The number of nitrogens with one attached hydrogen (secondary N) is 1. The monoisotopic (exact) mass is 322 g/mol. The van der Waals surface area contributed by atoms with Crippen molar-refractivity contribution in [3.63, 3.8) is 0 Å². The third-order valence-electron chi connectivity index (χ3n) is 3.35. The molecule has 120 valence electrons. The summed E-state index contributed by atoms with van der Waals surface area (Å²) in [6.07, 6.45) is 3.49. The molecular formula is C17H14N4O3. The average molecular weight is 322 g/mol. The van der Waals surface area contributed by atoms with Crippen molar-refractivity contribution in [3.05, 3.63) is 59.8 Å². The summed E-state index contributed by atoms with van der Waals surface area (Å²) in [5, 5.41) is 21.6. The molecule has 0 spiro atoms. The van der Waals surface area contributed by atoms with Crippen molar-refractivity contribution in [2.45, 2.75) is 6.92 Å². The third-order valence-corrected chi connectivity index (χ3v) is 3.35. The van der Waals surface area contributed by atoms with Gasteiger partial charge in [-0.05, 0) is 42.5 Å². The largest absolute Gasteiger partial charge is 0.478 e. The maximum absolute atomic E-state index is 11.1. The highest BCUT2D eigenvalue weighted by Crippen LogP contribution is 2.29. The number of amides is 1. The molecule has 7 heteroatoms. The van der Waals surface area contributed by atoms with E-state index in [2.05, 4.69) is 15.7 Å². The number of rotatable bonds is 3. The molecule has 0 aliphatic carbocycles. The Morgan fingerprint density at radius 2 is 2.00 bits per heavy atom. The minimum Gasteiger partial charge on any atom is -0.478 e. The van der Waals surface area contributed by atoms with E-state index in [1.165, 1.54) is 24.1 Å². The molecule has 1 aliphatic heterocycles. The van der Waals surface area contributed by atoms with Crippen LogP contribution in [0, 0.1) is 0 Å². The van der Waals surface area contributed by atoms with Crippen LogP contribution in [-0.2, 0) is 4.79 Å². The predicted octanol–water partition coefficient (Wildman–Crippen LogP) is 3.83. The highest BCUT2D eigenvalue weighted by molar-refractivity contribution is 5.90. The molecular weight excluding hydrogens is 308 g/mol. The van der Waals surface area contributed by atoms with Crippen molar-refractivity contribution >= 4 is 35.0 Å². The van der Waals surface area contributed by atoms with Crippen LogP contribution >= 0.6 is 0 Å². The van der Waals surface area contributed by atoms with E-state index >= 15 is 0 Å². The van der Waals surface area contributed by atoms with E-state index in [-0.39, 0.29) is 11.5 Å². The lowest BCUT2D eigenvalue weighted by Gasteiger charge is -2.11. The van der Waals surface area contributed by atoms with E-state index in [0.717, 1.165) is 5.56 Å². The van der Waals surface area contributed by atoms with Gasteiger partial charge in [0.25, 0.3) is 0 Å². The quantitative estimate of drug-likeness (QED) is 0.897. The summed E-state index contributed by atoms with van der Waals surface area (Å²) >= 11 is 0. The summed E-state index contributed by atoms with van der Waals surface area (Å²) in [4.78, 5) is 22.2. The number of hydrogen-bond donors (Lipinski definition) is 2. The normalized spacial score (nSPS) is 12.5. The van der Waals surface area contributed by atoms with Gasteiger partial charge in [0.1, 0.15) is 0 Å². The van der Waals surface area contributed by atoms with Gasteiger partial charge in [-0.3, -0.25) is 4.79 Å². The Labute approximate surface area is 137 Å². The molecule has 2 N–H and O–H groups in total. The number of carboxylic acid groups (broad SMARTS) is 1. The number of nitrogens with zero attached hydrogens (tertiary/aromatic N) is 3. The van der Waals surface area contributed by atoms with E-state index in [9.17, 15) is 9.59 Å². The summed E-state index contributed by atoms with van der Waals surface area (Å²) in [6, 6.07) is 11.7. The maximum Gasteiger partial charge on any atom is 0.335 e. The lowest BCUT2D eigenvalue weighted by Crippen LogP contribution is -2.07. The van der Waals surface area contributed by atoms with Crippen LogP contribution in [0.3, 0.4) is 0 Å². The van der Waals surface area contributed by atoms with Crippen molar-refractivity contribution in [1.82, 2.24) is 0 Å². The second-order valence-corrected chi connectivity index (χ2v) is 5.16. The Morgan fingerprint density at radius 1 is 1.17 bits per heavy atom. The van der Waals surface area contributed by atoms with E-state index < -0.39 is 5.97 Å². The Morgan fingerprint density at radius 3 is 2.75 bits per heavy atom. The number of carbonyl (C=O) groups is 2. The molecule has 0 atom stereocenters. The summed E-state index contributed by atoms with van der Waals surface area (Å²) in [6.45, 7) is 1.44. The first-order chi connectivity index (χ1) is 11.5. The van der Waals surface area contributed by atoms with Crippen LogP contribution < -0.4 is 10.3 Å². The number of fused-ring (bicyclic) bond motifs is 1. The fourth-order valence-corrected chi connectivity index (χ4v) is 2.26. The SMILES string of the molecule is CC(=O)Nc1ccc2c(c1)C=CN(c1cccc(C(=O)O)c1)N=N2. The van der Waals surface area contributed by atoms with Crippen LogP contribution in [0.1, 0.15) is 22.8 Å². The van der Waals surface area contributed by atoms with Crippen LogP contribution in [0.4, 0.5) is 17.1 Å². The number of carbonyl (C=O) groups excluding carboxylic acids is 1. The molecule has 0 fully saturated rings. The zero-order valence-corrected chi connectivity index (χ0v) is 12.8. The molecule has 0 saturated carbocycles. The van der Waals surface area contributed by atoms with Crippen molar-refractivity contribution in [1.29, 1.82) is 0 Å². The minimum atomic E-state index is -1.00. The highest BCUT2D eigenvalue weighted by Gasteiger charge is 2.11. The van der Waals surface area contributed by atoms with E-state index in [1.54, 1.807) is 42.6 Å². The van der Waals surface area contributed by atoms with Gasteiger partial charge in [0.2, 0.25) is 5.91 Å². The van der Waals surface area contributed by atoms with Gasteiger partial charge in [-0.1, -0.05) is 11.3 Å². The van der Waals surface area contributed by atoms with Crippen molar-refractivity contribution in [2.75, 3.05) is 10.3 Å². The molecule has 0 unspecified atom stereocenters. The molecule has 2 aromatic carbocycles. The van der Waals surface area contributed by atoms with Gasteiger partial charge in [-0.2, -0.15) is 0 Å². The first-order valence-electron chi connectivity index (χ1n) is 7.17. The van der Waals surface area contributed by atoms with Crippen LogP contribution in [0.5, 0.6) is 0 Å². The Kier molecular flexibility index (Phi) is 4.07. The minimum absolute atomic E-state index is 0.152. The summed E-state index contributed by atoms with van der Waals surface area (Å²) in [5.41, 5.74) is 2.87. The predicted molar refractivity (Wildman–Crippen MR) is 90.2 cm³/mol. The second-order valence-electron chi connectivity index (χ2n) is 5.16. The van der Waals surface area contributed by atoms with E-state index in [1.807, 2.05) is 0 Å². The average Bonchev–Trinajstić information content (AvgIpc) is 2.76. The highest BCUT2D eigenvalue weighted by atomic mass is 16.4. The van der Waals surface area contributed by atoms with Gasteiger partial charge < -0.3 is 10.4 Å². The number of aromatic carboxylic acids is 1. The standard InChI is InChI=1S/C17H14N4O3/c1-11(22)18-14-5-6-16-12(9-14)7-8-21(20-19-16)15-4-2-3-13(10-15)17(23)24/h2-10H,1H3,(H,18,22)(H,23,24). The van der Waals surface area contributed by atoms with Crippen molar-refractivity contribution in [3.8, 4) is 0 Å². The smallest absolute Gasteiger partial charge is 0.335 e. The fourth-order valence-electron chi connectivity index (χ4n) is 2.26. The van der Waals surface area contributed by atoms with E-state index in [0.29, 0.717) is 17.1 Å². The van der Waals surface area contributed by atoms with Crippen LogP contribution in [0.2, 0.25) is 0 Å². The maximum atomic E-state index is 11.1. The Balaban J connectivity index is 1.91. The molecule has 7 nitrogen and oxygen atoms in total. The number of benzene rings is 2. The van der Waals surface area contributed by atoms with Gasteiger partial charge in [-0.15, -0.1) is 5.11 Å². The zero-order chi connectivity index (χ0) is 17.1. The first-order valence-corrected chi connectivity index (χ1v) is 7.17. The van der Waals surface area contributed by atoms with Gasteiger partial charge in [0.15, 0.2) is 0 Å². The lowest BCUT2D eigenvalue weighted by molar-refractivity contribution is -0.114. The summed E-state index contributed by atoms with van der Waals surface area (Å²) in [5.74, 6) is -1.16. The topological polar surface area (TPSA) is 94.4 Å². The molecule has 0 radical (unpaired) electrons. The first kappa shape index (κ1) is 15.4. The summed E-state index contributed by atoms with van der Waals surface area (Å²) in [7, 11) is 0. The van der Waals surface area contributed by atoms with Crippen molar-refractivity contribution < 1.29 is 14.7 Å². The molecule has 1 aliphatic rings. The van der Waals surface area contributed by atoms with Crippen molar-refractivity contribution in [2.24, 2.45) is 10.3 Å². The van der Waals surface area contributed by atoms with Crippen LogP contribution in [0.15, 0.2) is 59.0 Å². The molecule has 0 bridgehead atoms. The van der Waals surface area contributed by atoms with Gasteiger partial charge in [0.05, 0.1) is 16.9 Å². The molecule has 0 saturated heterocycles. The molecule has 3 rings (SSSR count). The van der Waals surface area contributed by atoms with E-state index in [4.69, 9.17) is 5.11 Å². The molecule has 2 aromatic rings. The zero-order valence-electron chi connectivity index (χ0n) is 12.8. The number of carboxylic acids is 1. The van der Waals surface area contributed by atoms with Crippen LogP contribution in [0.25, 0.3) is 6.08 Å². The second kappa shape index (κ2) is 6.33.